The minimum Gasteiger partial charge on any atom is -0.359 e. The van der Waals surface area contributed by atoms with E-state index in [0.717, 1.165) is 41.1 Å². The molecule has 1 aromatic carbocycles. The normalized spacial score (nSPS) is 16.1. The topological polar surface area (TPSA) is 83.0 Å². The number of aryl methyl sites for hydroxylation is 3. The Morgan fingerprint density at radius 2 is 2.07 bits per heavy atom. The first-order valence-electron chi connectivity index (χ1n) is 9.71. The van der Waals surface area contributed by atoms with E-state index in [1.807, 2.05) is 56.0 Å². The average Bonchev–Trinajstić information content (AvgIpc) is 3.38. The van der Waals surface area contributed by atoms with Gasteiger partial charge in [-0.05, 0) is 57.4 Å². The van der Waals surface area contributed by atoms with Crippen molar-refractivity contribution in [1.29, 1.82) is 5.26 Å². The van der Waals surface area contributed by atoms with Gasteiger partial charge < -0.3 is 9.42 Å². The highest BCUT2D eigenvalue weighted by molar-refractivity contribution is 5.96. The van der Waals surface area contributed by atoms with Crippen LogP contribution in [0, 0.1) is 32.1 Å². The molecule has 4 rings (SSSR count). The maximum absolute atomic E-state index is 13.3. The van der Waals surface area contributed by atoms with Gasteiger partial charge in [-0.2, -0.15) is 5.26 Å². The predicted octanol–water partition coefficient (Wildman–Crippen LogP) is 4.51. The highest BCUT2D eigenvalue weighted by Gasteiger charge is 2.33. The van der Waals surface area contributed by atoms with Gasteiger partial charge in [0, 0.05) is 29.4 Å². The second-order valence-electron chi connectivity index (χ2n) is 7.51. The van der Waals surface area contributed by atoms with Crippen LogP contribution >= 0.6 is 0 Å². The van der Waals surface area contributed by atoms with Crippen molar-refractivity contribution in [3.05, 3.63) is 70.2 Å². The standard InChI is InChI=1S/C23H22N4O2/c1-14-10-19(13-24)22(25-16(14)3)17-6-4-7-18(12-17)23(28)27-9-5-8-20(27)21-11-15(2)26-29-21/h4,6-7,10-12,20H,5,8-9H2,1-3H3/t20-/m1/s1. The number of aromatic nitrogens is 2. The lowest BCUT2D eigenvalue weighted by atomic mass is 10.0. The summed E-state index contributed by atoms with van der Waals surface area (Å²) in [5.41, 5.74) is 5.11. The summed E-state index contributed by atoms with van der Waals surface area (Å²) in [6, 6.07) is 13.2. The summed E-state index contributed by atoms with van der Waals surface area (Å²) in [6.45, 7) is 6.41. The van der Waals surface area contributed by atoms with E-state index in [1.54, 1.807) is 6.07 Å². The molecule has 1 saturated heterocycles. The largest absolute Gasteiger partial charge is 0.359 e. The molecule has 29 heavy (non-hydrogen) atoms. The monoisotopic (exact) mass is 386 g/mol. The van der Waals surface area contributed by atoms with E-state index in [2.05, 4.69) is 16.2 Å². The van der Waals surface area contributed by atoms with Crippen LogP contribution in [0.4, 0.5) is 0 Å². The van der Waals surface area contributed by atoms with Gasteiger partial charge in [0.2, 0.25) is 0 Å². The summed E-state index contributed by atoms with van der Waals surface area (Å²) in [4.78, 5) is 19.7. The number of nitrogens with zero attached hydrogens (tertiary/aromatic N) is 4. The fourth-order valence-corrected chi connectivity index (χ4v) is 3.82. The van der Waals surface area contributed by atoms with E-state index < -0.39 is 0 Å². The minimum atomic E-state index is -0.0956. The third-order valence-corrected chi connectivity index (χ3v) is 5.46. The van der Waals surface area contributed by atoms with Crippen molar-refractivity contribution in [3.8, 4) is 17.3 Å². The quantitative estimate of drug-likeness (QED) is 0.661. The van der Waals surface area contributed by atoms with Crippen LogP contribution in [0.3, 0.4) is 0 Å². The van der Waals surface area contributed by atoms with E-state index >= 15 is 0 Å². The Hall–Kier alpha value is -3.46. The van der Waals surface area contributed by atoms with Gasteiger partial charge in [-0.25, -0.2) is 0 Å². The lowest BCUT2D eigenvalue weighted by Gasteiger charge is -2.23. The van der Waals surface area contributed by atoms with Gasteiger partial charge in [0.15, 0.2) is 5.76 Å². The van der Waals surface area contributed by atoms with Gasteiger partial charge in [0.1, 0.15) is 6.07 Å². The van der Waals surface area contributed by atoms with Gasteiger partial charge in [-0.1, -0.05) is 17.3 Å². The molecule has 146 valence electrons. The van der Waals surface area contributed by atoms with Gasteiger partial charge in [0.25, 0.3) is 5.91 Å². The number of pyridine rings is 1. The first-order valence-corrected chi connectivity index (χ1v) is 9.71. The number of hydrogen-bond acceptors (Lipinski definition) is 5. The third-order valence-electron chi connectivity index (χ3n) is 5.46. The molecular weight excluding hydrogens is 364 g/mol. The lowest BCUT2D eigenvalue weighted by molar-refractivity contribution is 0.0714. The van der Waals surface area contributed by atoms with Crippen molar-refractivity contribution in [2.45, 2.75) is 39.7 Å². The summed E-state index contributed by atoms with van der Waals surface area (Å²) in [5.74, 6) is 0.679. The van der Waals surface area contributed by atoms with Crippen molar-refractivity contribution in [2.24, 2.45) is 0 Å². The molecule has 6 heteroatoms. The molecule has 0 aliphatic carbocycles. The Balaban J connectivity index is 1.68. The molecule has 0 N–H and O–H groups in total. The molecule has 2 aromatic heterocycles. The van der Waals surface area contributed by atoms with Crippen LogP contribution in [-0.4, -0.2) is 27.5 Å². The Morgan fingerprint density at radius 1 is 1.24 bits per heavy atom. The second kappa shape index (κ2) is 7.51. The fourth-order valence-electron chi connectivity index (χ4n) is 3.82. The number of benzene rings is 1. The van der Waals surface area contributed by atoms with E-state index in [1.165, 1.54) is 0 Å². The molecule has 0 spiro atoms. The smallest absolute Gasteiger partial charge is 0.254 e. The Kier molecular flexibility index (Phi) is 4.89. The molecule has 3 aromatic rings. The van der Waals surface area contributed by atoms with Crippen LogP contribution in [0.25, 0.3) is 11.3 Å². The SMILES string of the molecule is Cc1cc([C@H]2CCCN2C(=O)c2cccc(-c3nc(C)c(C)cc3C#N)c2)on1. The second-order valence-corrected chi connectivity index (χ2v) is 7.51. The maximum Gasteiger partial charge on any atom is 0.254 e. The zero-order valence-corrected chi connectivity index (χ0v) is 16.8. The van der Waals surface area contributed by atoms with Crippen LogP contribution < -0.4 is 0 Å². The molecular formula is C23H22N4O2. The molecule has 0 bridgehead atoms. The van der Waals surface area contributed by atoms with Crippen molar-refractivity contribution in [2.75, 3.05) is 6.54 Å². The summed E-state index contributed by atoms with van der Waals surface area (Å²) in [7, 11) is 0. The Morgan fingerprint density at radius 3 is 2.79 bits per heavy atom. The van der Waals surface area contributed by atoms with Crippen LogP contribution in [-0.2, 0) is 0 Å². The van der Waals surface area contributed by atoms with Crippen LogP contribution in [0.5, 0.6) is 0 Å². The zero-order chi connectivity index (χ0) is 20.5. The molecule has 1 amide bonds. The first-order chi connectivity index (χ1) is 14.0. The Bertz CT molecular complexity index is 1130. The Labute approximate surface area is 169 Å². The van der Waals surface area contributed by atoms with E-state index in [4.69, 9.17) is 4.52 Å². The molecule has 3 heterocycles. The van der Waals surface area contributed by atoms with Gasteiger partial charge in [-0.15, -0.1) is 0 Å². The summed E-state index contributed by atoms with van der Waals surface area (Å²) >= 11 is 0. The lowest BCUT2D eigenvalue weighted by Crippen LogP contribution is -2.30. The van der Waals surface area contributed by atoms with Crippen molar-refractivity contribution in [1.82, 2.24) is 15.0 Å². The highest BCUT2D eigenvalue weighted by atomic mass is 16.5. The molecule has 1 fully saturated rings. The highest BCUT2D eigenvalue weighted by Crippen LogP contribution is 2.34. The molecule has 1 aliphatic rings. The average molecular weight is 386 g/mol. The molecule has 0 unspecified atom stereocenters. The fraction of sp³-hybridized carbons (Fsp3) is 0.304. The predicted molar refractivity (Wildman–Crippen MR) is 108 cm³/mol. The van der Waals surface area contributed by atoms with Crippen LogP contribution in [0.2, 0.25) is 0 Å². The van der Waals surface area contributed by atoms with Crippen LogP contribution in [0.1, 0.15) is 57.5 Å². The number of carbonyl (C=O) groups is 1. The number of carbonyl (C=O) groups excluding carboxylic acids is 1. The van der Waals surface area contributed by atoms with E-state index in [9.17, 15) is 10.1 Å². The summed E-state index contributed by atoms with van der Waals surface area (Å²) in [6.07, 6.45) is 1.78. The van der Waals surface area contributed by atoms with E-state index in [-0.39, 0.29) is 11.9 Å². The number of amides is 1. The molecule has 1 atom stereocenters. The summed E-state index contributed by atoms with van der Waals surface area (Å²) < 4.78 is 5.42. The maximum atomic E-state index is 13.3. The third kappa shape index (κ3) is 3.52. The molecule has 6 nitrogen and oxygen atoms in total. The number of rotatable bonds is 3. The first kappa shape index (κ1) is 18.9. The van der Waals surface area contributed by atoms with Gasteiger partial charge >= 0.3 is 0 Å². The minimum absolute atomic E-state index is 0.0502. The number of hydrogen-bond donors (Lipinski definition) is 0. The zero-order valence-electron chi connectivity index (χ0n) is 16.8. The van der Waals surface area contributed by atoms with Crippen molar-refractivity contribution < 1.29 is 9.32 Å². The molecule has 1 aliphatic heterocycles. The number of nitriles is 1. The van der Waals surface area contributed by atoms with Crippen molar-refractivity contribution >= 4 is 5.91 Å². The van der Waals surface area contributed by atoms with E-state index in [0.29, 0.717) is 23.4 Å². The number of likely N-dealkylation sites (tertiary alicyclic amines) is 1. The molecule has 0 radical (unpaired) electrons. The van der Waals surface area contributed by atoms with Crippen LogP contribution in [0.15, 0.2) is 40.9 Å². The summed E-state index contributed by atoms with van der Waals surface area (Å²) in [5, 5.41) is 13.5. The molecule has 0 saturated carbocycles. The van der Waals surface area contributed by atoms with Crippen molar-refractivity contribution in [3.63, 3.8) is 0 Å². The van der Waals surface area contributed by atoms with Gasteiger partial charge in [0.05, 0.1) is 23.0 Å². The van der Waals surface area contributed by atoms with Gasteiger partial charge in [-0.3, -0.25) is 9.78 Å².